The van der Waals surface area contributed by atoms with Gasteiger partial charge in [-0.3, -0.25) is 0 Å². The Hall–Kier alpha value is -0.673. The van der Waals surface area contributed by atoms with Gasteiger partial charge in [0.05, 0.1) is 8.80 Å². The van der Waals surface area contributed by atoms with Gasteiger partial charge in [-0.05, 0) is 30.3 Å². The third-order valence-corrected chi connectivity index (χ3v) is 5.59. The normalized spacial score (nSPS) is 12.8. The molecule has 0 radical (unpaired) electrons. The molecular formula is C11H18FNSi. The van der Waals surface area contributed by atoms with Gasteiger partial charge in [0.15, 0.2) is 0 Å². The fourth-order valence-electron chi connectivity index (χ4n) is 1.51. The number of hydrogen-bond donors (Lipinski definition) is 1. The molecule has 3 heteroatoms. The second-order valence-electron chi connectivity index (χ2n) is 3.68. The smallest absolute Gasteiger partial charge is 0.123 e. The molecule has 1 atom stereocenters. The summed E-state index contributed by atoms with van der Waals surface area (Å²) in [7, 11) is -0.690. The van der Waals surface area contributed by atoms with Crippen LogP contribution in [0.4, 0.5) is 4.39 Å². The summed E-state index contributed by atoms with van der Waals surface area (Å²) < 4.78 is 12.6. The first kappa shape index (κ1) is 11.4. The number of hydrogen-bond acceptors (Lipinski definition) is 1. The summed E-state index contributed by atoms with van der Waals surface area (Å²) in [4.78, 5) is 0. The first-order valence-corrected chi connectivity index (χ1v) is 7.65. The molecule has 0 heterocycles. The van der Waals surface area contributed by atoms with E-state index < -0.39 is 8.80 Å². The minimum atomic E-state index is -0.690. The molecule has 0 aliphatic carbocycles. The van der Waals surface area contributed by atoms with E-state index in [9.17, 15) is 4.39 Å². The van der Waals surface area contributed by atoms with Crippen molar-refractivity contribution in [2.45, 2.75) is 25.4 Å². The number of benzene rings is 1. The Morgan fingerprint density at radius 1 is 1.29 bits per heavy atom. The van der Waals surface area contributed by atoms with E-state index in [4.69, 9.17) is 5.73 Å². The Bertz CT molecular complexity index is 256. The van der Waals surface area contributed by atoms with E-state index in [-0.39, 0.29) is 5.82 Å². The Balaban J connectivity index is 2.41. The van der Waals surface area contributed by atoms with Crippen LogP contribution in [0.1, 0.15) is 12.5 Å². The van der Waals surface area contributed by atoms with Gasteiger partial charge in [0.2, 0.25) is 0 Å². The fourth-order valence-corrected chi connectivity index (χ4v) is 3.23. The van der Waals surface area contributed by atoms with Crippen LogP contribution < -0.4 is 5.73 Å². The predicted octanol–water partition coefficient (Wildman–Crippen LogP) is 2.11. The Morgan fingerprint density at radius 3 is 2.43 bits per heavy atom. The van der Waals surface area contributed by atoms with Crippen LogP contribution in [0.5, 0.6) is 0 Å². The van der Waals surface area contributed by atoms with Crippen molar-refractivity contribution < 1.29 is 4.39 Å². The first-order valence-electron chi connectivity index (χ1n) is 5.20. The van der Waals surface area contributed by atoms with Gasteiger partial charge < -0.3 is 5.73 Å². The van der Waals surface area contributed by atoms with Crippen molar-refractivity contribution in [2.24, 2.45) is 5.73 Å². The van der Waals surface area contributed by atoms with Crippen LogP contribution in [0, 0.1) is 5.82 Å². The van der Waals surface area contributed by atoms with Gasteiger partial charge in [-0.25, -0.2) is 4.39 Å². The third kappa shape index (κ3) is 3.60. The molecule has 1 aromatic carbocycles. The van der Waals surface area contributed by atoms with E-state index in [0.717, 1.165) is 12.6 Å². The minimum absolute atomic E-state index is 0.156. The standard InChI is InChI=1S/C11H18FNSi/c1-2-14(9-13)8-7-10-3-5-11(12)6-4-10/h3-6,14H,2,7-9,13H2,1H3. The number of rotatable bonds is 5. The van der Waals surface area contributed by atoms with Gasteiger partial charge in [0.25, 0.3) is 0 Å². The Morgan fingerprint density at radius 2 is 1.93 bits per heavy atom. The highest BCUT2D eigenvalue weighted by atomic mass is 28.3. The van der Waals surface area contributed by atoms with E-state index in [1.807, 2.05) is 12.1 Å². The van der Waals surface area contributed by atoms with Crippen LogP contribution in [0.3, 0.4) is 0 Å². The van der Waals surface area contributed by atoms with Crippen LogP contribution >= 0.6 is 0 Å². The topological polar surface area (TPSA) is 26.0 Å². The van der Waals surface area contributed by atoms with Gasteiger partial charge >= 0.3 is 0 Å². The van der Waals surface area contributed by atoms with Crippen molar-refractivity contribution in [3.63, 3.8) is 0 Å². The number of nitrogens with two attached hydrogens (primary N) is 1. The molecule has 14 heavy (non-hydrogen) atoms. The SMILES string of the molecule is CC[SiH](CN)CCc1ccc(F)cc1. The molecule has 0 amide bonds. The van der Waals surface area contributed by atoms with Crippen molar-refractivity contribution >= 4 is 8.80 Å². The molecule has 1 nitrogen and oxygen atoms in total. The zero-order chi connectivity index (χ0) is 10.4. The van der Waals surface area contributed by atoms with E-state index >= 15 is 0 Å². The van der Waals surface area contributed by atoms with E-state index in [2.05, 4.69) is 6.92 Å². The molecule has 0 saturated carbocycles. The van der Waals surface area contributed by atoms with Crippen LogP contribution in [0.25, 0.3) is 0 Å². The molecule has 0 aliphatic rings. The average Bonchev–Trinajstić information content (AvgIpc) is 2.22. The van der Waals surface area contributed by atoms with Crippen LogP contribution in [-0.2, 0) is 6.42 Å². The lowest BCUT2D eigenvalue weighted by Crippen LogP contribution is -2.24. The molecule has 0 aromatic heterocycles. The summed E-state index contributed by atoms with van der Waals surface area (Å²) in [5.74, 6) is -0.156. The summed E-state index contributed by atoms with van der Waals surface area (Å²) in [5, 5.41) is 0. The Labute approximate surface area is 86.7 Å². The molecular weight excluding hydrogens is 193 g/mol. The van der Waals surface area contributed by atoms with Crippen LogP contribution in [0.2, 0.25) is 12.1 Å². The van der Waals surface area contributed by atoms with Gasteiger partial charge in [0.1, 0.15) is 5.82 Å². The largest absolute Gasteiger partial charge is 0.333 e. The lowest BCUT2D eigenvalue weighted by atomic mass is 10.2. The van der Waals surface area contributed by atoms with Gasteiger partial charge in [0, 0.05) is 0 Å². The van der Waals surface area contributed by atoms with Crippen molar-refractivity contribution in [3.8, 4) is 0 Å². The average molecular weight is 211 g/mol. The molecule has 78 valence electrons. The van der Waals surface area contributed by atoms with Crippen molar-refractivity contribution in [2.75, 3.05) is 6.17 Å². The summed E-state index contributed by atoms with van der Waals surface area (Å²) in [5.41, 5.74) is 6.90. The Kier molecular flexibility index (Phi) is 4.83. The molecule has 0 saturated heterocycles. The van der Waals surface area contributed by atoms with Gasteiger partial charge in [-0.2, -0.15) is 0 Å². The van der Waals surface area contributed by atoms with Crippen molar-refractivity contribution in [3.05, 3.63) is 35.6 Å². The summed E-state index contributed by atoms with van der Waals surface area (Å²) in [6.45, 7) is 2.22. The van der Waals surface area contributed by atoms with Gasteiger partial charge in [-0.15, -0.1) is 0 Å². The maximum Gasteiger partial charge on any atom is 0.123 e. The maximum atomic E-state index is 12.6. The van der Waals surface area contributed by atoms with Crippen LogP contribution in [0.15, 0.2) is 24.3 Å². The van der Waals surface area contributed by atoms with E-state index in [1.165, 1.54) is 29.8 Å². The number of aryl methyl sites for hydroxylation is 1. The molecule has 1 unspecified atom stereocenters. The molecule has 0 fully saturated rings. The third-order valence-electron chi connectivity index (χ3n) is 2.67. The quantitative estimate of drug-likeness (QED) is 0.742. The van der Waals surface area contributed by atoms with E-state index in [1.54, 1.807) is 0 Å². The summed E-state index contributed by atoms with van der Waals surface area (Å²) in [6, 6.07) is 9.29. The fraction of sp³-hybridized carbons (Fsp3) is 0.455. The molecule has 0 aliphatic heterocycles. The monoisotopic (exact) mass is 211 g/mol. The summed E-state index contributed by atoms with van der Waals surface area (Å²) in [6.07, 6.45) is 1.94. The highest BCUT2D eigenvalue weighted by molar-refractivity contribution is 6.58. The first-order chi connectivity index (χ1) is 6.76. The molecule has 1 rings (SSSR count). The summed E-state index contributed by atoms with van der Waals surface area (Å²) >= 11 is 0. The highest BCUT2D eigenvalue weighted by Gasteiger charge is 2.05. The maximum absolute atomic E-state index is 12.6. The zero-order valence-electron chi connectivity index (χ0n) is 8.67. The van der Waals surface area contributed by atoms with Crippen molar-refractivity contribution in [1.29, 1.82) is 0 Å². The molecule has 2 N–H and O–H groups in total. The second-order valence-corrected chi connectivity index (χ2v) is 7.27. The minimum Gasteiger partial charge on any atom is -0.333 e. The molecule has 0 bridgehead atoms. The second kappa shape index (κ2) is 5.93. The number of halogens is 1. The lowest BCUT2D eigenvalue weighted by molar-refractivity contribution is 0.627. The van der Waals surface area contributed by atoms with E-state index in [0.29, 0.717) is 0 Å². The predicted molar refractivity (Wildman–Crippen MR) is 61.6 cm³/mol. The zero-order valence-corrected chi connectivity index (χ0v) is 9.83. The molecule has 0 spiro atoms. The van der Waals surface area contributed by atoms with Crippen LogP contribution in [-0.4, -0.2) is 15.0 Å². The van der Waals surface area contributed by atoms with Gasteiger partial charge in [-0.1, -0.05) is 31.1 Å². The lowest BCUT2D eigenvalue weighted by Gasteiger charge is -2.09. The molecule has 1 aromatic rings. The van der Waals surface area contributed by atoms with Crippen molar-refractivity contribution in [1.82, 2.24) is 0 Å². The highest BCUT2D eigenvalue weighted by Crippen LogP contribution is 2.08.